The van der Waals surface area contributed by atoms with Crippen LogP contribution in [0.4, 0.5) is 11.5 Å². The number of hydrogen-bond donors (Lipinski definition) is 3. The molecule has 7 nitrogen and oxygen atoms in total. The van der Waals surface area contributed by atoms with Crippen LogP contribution in [0.25, 0.3) is 0 Å². The number of rotatable bonds is 5. The molecule has 0 spiro atoms. The van der Waals surface area contributed by atoms with Gasteiger partial charge in [-0.1, -0.05) is 5.16 Å². The lowest BCUT2D eigenvalue weighted by Crippen LogP contribution is -2.22. The average molecular weight is 288 g/mol. The van der Waals surface area contributed by atoms with Crippen LogP contribution >= 0.6 is 0 Å². The molecule has 0 fully saturated rings. The van der Waals surface area contributed by atoms with E-state index in [1.165, 1.54) is 0 Å². The third kappa shape index (κ3) is 3.82. The van der Waals surface area contributed by atoms with Crippen molar-refractivity contribution >= 4 is 23.3 Å². The van der Waals surface area contributed by atoms with E-state index in [2.05, 4.69) is 15.8 Å². The topological polar surface area (TPSA) is 110 Å². The highest BCUT2D eigenvalue weighted by atomic mass is 16.5. The van der Waals surface area contributed by atoms with Crippen LogP contribution in [-0.4, -0.2) is 23.5 Å². The molecule has 0 bridgehead atoms. The first-order valence-electron chi connectivity index (χ1n) is 6.33. The van der Waals surface area contributed by atoms with Gasteiger partial charge in [-0.15, -0.1) is 0 Å². The molecule has 1 aromatic heterocycles. The van der Waals surface area contributed by atoms with Gasteiger partial charge >= 0.3 is 0 Å². The van der Waals surface area contributed by atoms with E-state index >= 15 is 0 Å². The molecule has 2 amide bonds. The minimum Gasteiger partial charge on any atom is -0.376 e. The normalized spacial score (nSPS) is 10.2. The van der Waals surface area contributed by atoms with Crippen molar-refractivity contribution in [2.45, 2.75) is 13.8 Å². The lowest BCUT2D eigenvalue weighted by molar-refractivity contribution is -0.114. The van der Waals surface area contributed by atoms with Gasteiger partial charge in [-0.05, 0) is 37.6 Å². The summed E-state index contributed by atoms with van der Waals surface area (Å²) in [6.07, 6.45) is 0. The maximum Gasteiger partial charge on any atom is 0.248 e. The van der Waals surface area contributed by atoms with E-state index in [-0.39, 0.29) is 12.5 Å². The van der Waals surface area contributed by atoms with Crippen LogP contribution in [0.15, 0.2) is 28.8 Å². The summed E-state index contributed by atoms with van der Waals surface area (Å²) < 4.78 is 4.85. The van der Waals surface area contributed by atoms with Crippen molar-refractivity contribution in [2.24, 2.45) is 5.73 Å². The molecular weight excluding hydrogens is 272 g/mol. The summed E-state index contributed by atoms with van der Waals surface area (Å²) in [4.78, 5) is 22.8. The van der Waals surface area contributed by atoms with Crippen molar-refractivity contribution < 1.29 is 14.1 Å². The largest absolute Gasteiger partial charge is 0.376 e. The molecule has 0 saturated carbocycles. The first-order valence-corrected chi connectivity index (χ1v) is 6.33. The number of carbonyl (C=O) groups is 2. The molecule has 7 heteroatoms. The molecule has 0 saturated heterocycles. The second kappa shape index (κ2) is 6.08. The van der Waals surface area contributed by atoms with Crippen molar-refractivity contribution in [3.8, 4) is 0 Å². The van der Waals surface area contributed by atoms with Gasteiger partial charge in [0.2, 0.25) is 11.8 Å². The summed E-state index contributed by atoms with van der Waals surface area (Å²) in [5, 5.41) is 9.26. The predicted molar refractivity (Wildman–Crippen MR) is 78.1 cm³/mol. The highest BCUT2D eigenvalue weighted by Crippen LogP contribution is 2.16. The molecule has 0 aliphatic rings. The highest BCUT2D eigenvalue weighted by molar-refractivity contribution is 5.94. The molecule has 2 rings (SSSR count). The molecule has 4 N–H and O–H groups in total. The van der Waals surface area contributed by atoms with Gasteiger partial charge in [0, 0.05) is 17.3 Å². The smallest absolute Gasteiger partial charge is 0.248 e. The van der Waals surface area contributed by atoms with Crippen molar-refractivity contribution in [1.29, 1.82) is 0 Å². The molecule has 2 aromatic rings. The van der Waals surface area contributed by atoms with Crippen LogP contribution in [-0.2, 0) is 4.79 Å². The number of carbonyl (C=O) groups excluding carboxylic acids is 2. The van der Waals surface area contributed by atoms with Crippen molar-refractivity contribution in [3.63, 3.8) is 0 Å². The first-order chi connectivity index (χ1) is 9.95. The number of aryl methyl sites for hydroxylation is 2. The lowest BCUT2D eigenvalue weighted by atomic mass is 10.1. The van der Waals surface area contributed by atoms with Gasteiger partial charge in [0.1, 0.15) is 5.76 Å². The fourth-order valence-corrected chi connectivity index (χ4v) is 1.80. The van der Waals surface area contributed by atoms with Crippen LogP contribution in [0.3, 0.4) is 0 Å². The van der Waals surface area contributed by atoms with E-state index in [9.17, 15) is 9.59 Å². The lowest BCUT2D eigenvalue weighted by Gasteiger charge is -2.09. The summed E-state index contributed by atoms with van der Waals surface area (Å²) in [5.74, 6) is 0.265. The number of hydrogen-bond acceptors (Lipinski definition) is 5. The van der Waals surface area contributed by atoms with Gasteiger partial charge in [-0.2, -0.15) is 0 Å². The summed E-state index contributed by atoms with van der Waals surface area (Å²) in [6.45, 7) is 3.64. The SMILES string of the molecule is Cc1cc(NC(=O)CNc2ccc(C(N)=O)cc2C)no1. The van der Waals surface area contributed by atoms with Gasteiger partial charge < -0.3 is 20.9 Å². The molecule has 110 valence electrons. The van der Waals surface area contributed by atoms with E-state index in [1.54, 1.807) is 31.2 Å². The standard InChI is InChI=1S/C14H16N4O3/c1-8-5-10(14(15)20)3-4-11(8)16-7-13(19)17-12-6-9(2)21-18-12/h3-6,16H,7H2,1-2H3,(H2,15,20)(H,17,18,19). The molecule has 0 unspecified atom stereocenters. The Kier molecular flexibility index (Phi) is 4.22. The Bertz CT molecular complexity index is 679. The summed E-state index contributed by atoms with van der Waals surface area (Å²) in [6, 6.07) is 6.62. The predicted octanol–water partition coefficient (Wildman–Crippen LogP) is 1.44. The van der Waals surface area contributed by atoms with Crippen LogP contribution in [0.5, 0.6) is 0 Å². The Hall–Kier alpha value is -2.83. The van der Waals surface area contributed by atoms with Crippen molar-refractivity contribution in [3.05, 3.63) is 41.2 Å². The molecule has 21 heavy (non-hydrogen) atoms. The maximum atomic E-state index is 11.8. The molecular formula is C14H16N4O3. The highest BCUT2D eigenvalue weighted by Gasteiger charge is 2.08. The molecule has 1 aromatic carbocycles. The van der Waals surface area contributed by atoms with E-state index in [4.69, 9.17) is 10.3 Å². The van der Waals surface area contributed by atoms with Gasteiger partial charge in [0.15, 0.2) is 5.82 Å². The molecule has 0 aliphatic heterocycles. The number of nitrogens with one attached hydrogen (secondary N) is 2. The minimum atomic E-state index is -0.483. The molecule has 1 heterocycles. The van der Waals surface area contributed by atoms with Gasteiger partial charge in [-0.3, -0.25) is 9.59 Å². The van der Waals surface area contributed by atoms with Gasteiger partial charge in [0.05, 0.1) is 6.54 Å². The number of nitrogens with two attached hydrogens (primary N) is 1. The van der Waals surface area contributed by atoms with E-state index in [0.29, 0.717) is 17.1 Å². The van der Waals surface area contributed by atoms with Crippen LogP contribution < -0.4 is 16.4 Å². The number of benzene rings is 1. The summed E-state index contributed by atoms with van der Waals surface area (Å²) >= 11 is 0. The van der Waals surface area contributed by atoms with Crippen molar-refractivity contribution in [2.75, 3.05) is 17.2 Å². The molecule has 0 radical (unpaired) electrons. The fourth-order valence-electron chi connectivity index (χ4n) is 1.80. The number of primary amides is 1. The zero-order valence-corrected chi connectivity index (χ0v) is 11.8. The number of anilines is 2. The number of aromatic nitrogens is 1. The summed E-state index contributed by atoms with van der Waals surface area (Å²) in [7, 11) is 0. The zero-order valence-electron chi connectivity index (χ0n) is 11.8. The monoisotopic (exact) mass is 288 g/mol. The quantitative estimate of drug-likeness (QED) is 0.771. The van der Waals surface area contributed by atoms with Crippen LogP contribution in [0, 0.1) is 13.8 Å². The Morgan fingerprint density at radius 2 is 2.05 bits per heavy atom. The minimum absolute atomic E-state index is 0.0721. The fraction of sp³-hybridized carbons (Fsp3) is 0.214. The van der Waals surface area contributed by atoms with Crippen LogP contribution in [0.2, 0.25) is 0 Å². The van der Waals surface area contributed by atoms with E-state index < -0.39 is 5.91 Å². The van der Waals surface area contributed by atoms with E-state index in [1.807, 2.05) is 6.92 Å². The third-order valence-electron chi connectivity index (χ3n) is 2.85. The zero-order chi connectivity index (χ0) is 15.4. The Labute approximate surface area is 121 Å². The Morgan fingerprint density at radius 3 is 2.62 bits per heavy atom. The van der Waals surface area contributed by atoms with Crippen LogP contribution in [0.1, 0.15) is 21.7 Å². The van der Waals surface area contributed by atoms with Gasteiger partial charge in [0.25, 0.3) is 0 Å². The number of nitrogens with zero attached hydrogens (tertiary/aromatic N) is 1. The van der Waals surface area contributed by atoms with E-state index in [0.717, 1.165) is 11.3 Å². The Balaban J connectivity index is 1.93. The molecule has 0 atom stereocenters. The second-order valence-electron chi connectivity index (χ2n) is 4.62. The van der Waals surface area contributed by atoms with Crippen molar-refractivity contribution in [1.82, 2.24) is 5.16 Å². The Morgan fingerprint density at radius 1 is 1.29 bits per heavy atom. The average Bonchev–Trinajstić information content (AvgIpc) is 2.82. The first kappa shape index (κ1) is 14.6. The molecule has 0 aliphatic carbocycles. The number of amides is 2. The second-order valence-corrected chi connectivity index (χ2v) is 4.62. The van der Waals surface area contributed by atoms with Gasteiger partial charge in [-0.25, -0.2) is 0 Å². The third-order valence-corrected chi connectivity index (χ3v) is 2.85. The maximum absolute atomic E-state index is 11.8. The summed E-state index contributed by atoms with van der Waals surface area (Å²) in [5.41, 5.74) is 7.22.